The predicted octanol–water partition coefficient (Wildman–Crippen LogP) is 2.86. The smallest absolute Gasteiger partial charge is 0.231 e. The van der Waals surface area contributed by atoms with E-state index in [1.807, 2.05) is 60.7 Å². The highest BCUT2D eigenvalue weighted by atomic mass is 16.8. The molecule has 108 valence electrons. The summed E-state index contributed by atoms with van der Waals surface area (Å²) in [5, 5.41) is 10.8. The molecule has 0 unspecified atom stereocenters. The first kappa shape index (κ1) is 17.8. The molecule has 0 saturated heterocycles. The summed E-state index contributed by atoms with van der Waals surface area (Å²) in [4.78, 5) is 21.8. The fraction of sp³-hybridized carbons (Fsp3) is 0. The minimum absolute atomic E-state index is 0.750. The average molecular weight is 286 g/mol. The summed E-state index contributed by atoms with van der Waals surface area (Å²) in [5.74, 6) is 0. The zero-order valence-corrected chi connectivity index (χ0v) is 11.0. The van der Waals surface area contributed by atoms with Crippen LogP contribution in [-0.4, -0.2) is 12.2 Å². The Hall–Kier alpha value is -3.24. The second-order valence-corrected chi connectivity index (χ2v) is 3.24. The number of para-hydroxylation sites is 2. The van der Waals surface area contributed by atoms with E-state index in [-0.39, 0.29) is 0 Å². The molecule has 0 heterocycles. The van der Waals surface area contributed by atoms with E-state index < -0.39 is 0 Å². The zero-order valence-electron chi connectivity index (χ0n) is 11.0. The van der Waals surface area contributed by atoms with Crippen LogP contribution < -0.4 is 11.0 Å². The molecule has 0 saturated carbocycles. The summed E-state index contributed by atoms with van der Waals surface area (Å²) < 4.78 is 0. The van der Waals surface area contributed by atoms with Crippen LogP contribution in [0, 0.1) is 10.8 Å². The lowest BCUT2D eigenvalue weighted by Crippen LogP contribution is -2.07. The molecule has 2 rings (SSSR count). The lowest BCUT2D eigenvalue weighted by molar-refractivity contribution is 0.264. The fourth-order valence-corrected chi connectivity index (χ4v) is 1.16. The first-order chi connectivity index (χ1) is 10.3. The van der Waals surface area contributed by atoms with Gasteiger partial charge >= 0.3 is 0 Å². The number of isocyanates is 2. The summed E-state index contributed by atoms with van der Waals surface area (Å²) in [5.41, 5.74) is 7.37. The minimum Gasteiger partial charge on any atom is -0.242 e. The highest BCUT2D eigenvalue weighted by Crippen LogP contribution is 2.07. The molecule has 0 aliphatic heterocycles. The lowest BCUT2D eigenvalue weighted by atomic mass is 10.3. The first-order valence-electron chi connectivity index (χ1n) is 5.64. The number of rotatable bonds is 4. The Morgan fingerprint density at radius 1 is 0.714 bits per heavy atom. The van der Waals surface area contributed by atoms with Crippen molar-refractivity contribution in [2.24, 2.45) is 0 Å². The Morgan fingerprint density at radius 3 is 1.29 bits per heavy atom. The van der Waals surface area contributed by atoms with Crippen LogP contribution in [0.3, 0.4) is 0 Å². The molecule has 0 bridgehead atoms. The molecule has 7 nitrogen and oxygen atoms in total. The molecule has 0 aliphatic rings. The van der Waals surface area contributed by atoms with E-state index in [4.69, 9.17) is 25.3 Å². The van der Waals surface area contributed by atoms with Gasteiger partial charge in [0.25, 0.3) is 0 Å². The summed E-state index contributed by atoms with van der Waals surface area (Å²) in [6.07, 6.45) is 1.50. The fourth-order valence-electron chi connectivity index (χ4n) is 1.16. The van der Waals surface area contributed by atoms with Gasteiger partial charge in [0.1, 0.15) is 0 Å². The van der Waals surface area contributed by atoms with Crippen LogP contribution in [0.4, 0.5) is 11.4 Å². The number of hydrogen-bond donors (Lipinski definition) is 4. The van der Waals surface area contributed by atoms with Crippen LogP contribution in [0.15, 0.2) is 60.7 Å². The number of anilines is 2. The first-order valence-corrected chi connectivity index (χ1v) is 5.64. The molecule has 4 N–H and O–H groups in total. The Morgan fingerprint density at radius 2 is 1.00 bits per heavy atom. The maximum absolute atomic E-state index is 8.35. The maximum atomic E-state index is 8.35. The van der Waals surface area contributed by atoms with E-state index in [2.05, 4.69) is 11.0 Å². The summed E-state index contributed by atoms with van der Waals surface area (Å²) >= 11 is 0. The topological polar surface area (TPSA) is 115 Å². The van der Waals surface area contributed by atoms with E-state index in [9.17, 15) is 0 Å². The van der Waals surface area contributed by atoms with Gasteiger partial charge in [-0.1, -0.05) is 36.4 Å². The molecular weight excluding hydrogens is 272 g/mol. The standard InChI is InChI=1S/C12H12N2O.2CHNO/c1-3-7-11(8-4-1)13-15-14-12-9-5-2-6-10-12;2*2-1-3/h1-10,13-14H;2*2H. The monoisotopic (exact) mass is 286 g/mol. The number of hydrogen-bond acceptors (Lipinski definition) is 7. The largest absolute Gasteiger partial charge is 0.242 e. The van der Waals surface area contributed by atoms with Crippen molar-refractivity contribution < 1.29 is 14.5 Å². The molecule has 2 aromatic rings. The summed E-state index contributed by atoms with van der Waals surface area (Å²) in [6.45, 7) is 0. The van der Waals surface area contributed by atoms with Crippen LogP contribution in [0.25, 0.3) is 0 Å². The van der Waals surface area contributed by atoms with Gasteiger partial charge in [0.2, 0.25) is 12.2 Å². The van der Waals surface area contributed by atoms with Gasteiger partial charge in [-0.3, -0.25) is 0 Å². The zero-order chi connectivity index (χ0) is 15.8. The van der Waals surface area contributed by atoms with Crippen LogP contribution in [0.5, 0.6) is 0 Å². The molecule has 0 atom stereocenters. The third-order valence-corrected chi connectivity index (χ3v) is 1.89. The second-order valence-electron chi connectivity index (χ2n) is 3.24. The average Bonchev–Trinajstić information content (AvgIpc) is 2.51. The molecule has 7 heteroatoms. The van der Waals surface area contributed by atoms with Crippen molar-refractivity contribution in [2.75, 3.05) is 11.0 Å². The van der Waals surface area contributed by atoms with Gasteiger partial charge in [0.05, 0.1) is 11.4 Å². The molecule has 2 aromatic carbocycles. The van der Waals surface area contributed by atoms with Crippen LogP contribution in [0.2, 0.25) is 0 Å². The highest BCUT2D eigenvalue weighted by Gasteiger charge is 1.90. The molecule has 21 heavy (non-hydrogen) atoms. The second kappa shape index (κ2) is 13.2. The molecule has 0 aromatic heterocycles. The van der Waals surface area contributed by atoms with Crippen molar-refractivity contribution in [3.05, 3.63) is 60.7 Å². The van der Waals surface area contributed by atoms with Gasteiger partial charge in [-0.25, -0.2) is 31.4 Å². The van der Waals surface area contributed by atoms with E-state index >= 15 is 0 Å². The Balaban J connectivity index is 0.000000578. The molecule has 0 spiro atoms. The third-order valence-electron chi connectivity index (χ3n) is 1.89. The van der Waals surface area contributed by atoms with Crippen molar-refractivity contribution in [3.8, 4) is 0 Å². The Bertz CT molecular complexity index is 497. The normalized spacial score (nSPS) is 7.62. The summed E-state index contributed by atoms with van der Waals surface area (Å²) in [7, 11) is 0. The van der Waals surface area contributed by atoms with Gasteiger partial charge in [-0.15, -0.1) is 0 Å². The number of carbonyl (C=O) groups excluding carboxylic acids is 2. The Labute approximate surface area is 121 Å². The Kier molecular flexibility index (Phi) is 11.2. The highest BCUT2D eigenvalue weighted by molar-refractivity contribution is 5.42. The van der Waals surface area contributed by atoms with E-state index in [1.54, 1.807) is 0 Å². The van der Waals surface area contributed by atoms with Gasteiger partial charge < -0.3 is 0 Å². The van der Waals surface area contributed by atoms with Gasteiger partial charge in [0, 0.05) is 0 Å². The van der Waals surface area contributed by atoms with E-state index in [0.29, 0.717) is 0 Å². The quantitative estimate of drug-likeness (QED) is 0.392. The number of nitrogens with one attached hydrogen (secondary N) is 4. The van der Waals surface area contributed by atoms with E-state index in [1.165, 1.54) is 0 Å². The van der Waals surface area contributed by atoms with Gasteiger partial charge in [-0.05, 0) is 24.3 Å². The van der Waals surface area contributed by atoms with Crippen molar-refractivity contribution in [1.29, 1.82) is 10.8 Å². The van der Waals surface area contributed by atoms with E-state index in [0.717, 1.165) is 23.5 Å². The SMILES string of the molecule is N=C=O.N=C=O.c1ccc(NONc2ccccc2)cc1. The van der Waals surface area contributed by atoms with Crippen LogP contribution in [-0.2, 0) is 14.5 Å². The van der Waals surface area contributed by atoms with Crippen molar-refractivity contribution in [1.82, 2.24) is 0 Å². The molecule has 0 amide bonds. The van der Waals surface area contributed by atoms with Crippen molar-refractivity contribution in [2.45, 2.75) is 0 Å². The van der Waals surface area contributed by atoms with Crippen molar-refractivity contribution >= 4 is 23.5 Å². The predicted molar refractivity (Wildman–Crippen MR) is 78.0 cm³/mol. The lowest BCUT2D eigenvalue weighted by Gasteiger charge is -2.07. The van der Waals surface area contributed by atoms with Crippen LogP contribution >= 0.6 is 0 Å². The number of benzene rings is 2. The van der Waals surface area contributed by atoms with Gasteiger partial charge in [-0.2, -0.15) is 4.94 Å². The molecule has 0 aliphatic carbocycles. The maximum Gasteiger partial charge on any atom is 0.231 e. The molecular formula is C14H14N4O3. The van der Waals surface area contributed by atoms with Gasteiger partial charge in [0.15, 0.2) is 0 Å². The third kappa shape index (κ3) is 10.4. The molecule has 0 radical (unpaired) electrons. The van der Waals surface area contributed by atoms with Crippen molar-refractivity contribution in [3.63, 3.8) is 0 Å². The minimum atomic E-state index is 0.750. The van der Waals surface area contributed by atoms with Crippen LogP contribution in [0.1, 0.15) is 0 Å². The molecule has 0 fully saturated rings. The summed E-state index contributed by atoms with van der Waals surface area (Å²) in [6, 6.07) is 19.4.